The Bertz CT molecular complexity index is 1070. The predicted molar refractivity (Wildman–Crippen MR) is 102 cm³/mol. The van der Waals surface area contributed by atoms with Gasteiger partial charge < -0.3 is 10.5 Å². The van der Waals surface area contributed by atoms with Crippen molar-refractivity contribution in [2.75, 3.05) is 4.90 Å². The zero-order valence-corrected chi connectivity index (χ0v) is 15.7. The molecule has 3 rings (SSSR count). The van der Waals surface area contributed by atoms with E-state index in [1.54, 1.807) is 23.5 Å². The highest BCUT2D eigenvalue weighted by Gasteiger charge is 2.38. The number of hydrogen-bond acceptors (Lipinski definition) is 6. The van der Waals surface area contributed by atoms with Crippen molar-refractivity contribution in [3.63, 3.8) is 0 Å². The molecule has 0 fully saturated rings. The number of halogens is 1. The number of primary amides is 1. The number of amides is 5. The van der Waals surface area contributed by atoms with Gasteiger partial charge in [-0.2, -0.15) is 0 Å². The van der Waals surface area contributed by atoms with Gasteiger partial charge in [-0.15, -0.1) is 0 Å². The molecule has 1 heterocycles. The van der Waals surface area contributed by atoms with Crippen molar-refractivity contribution in [1.82, 2.24) is 5.32 Å². The summed E-state index contributed by atoms with van der Waals surface area (Å²) in [6.07, 6.45) is -1.31. The number of carbonyl (C=O) groups is 5. The van der Waals surface area contributed by atoms with E-state index in [0.29, 0.717) is 0 Å². The lowest BCUT2D eigenvalue weighted by molar-refractivity contribution is -0.127. The Labute approximate surface area is 169 Å². The van der Waals surface area contributed by atoms with Gasteiger partial charge in [0, 0.05) is 0 Å². The molecule has 1 atom stereocenters. The summed E-state index contributed by atoms with van der Waals surface area (Å²) < 4.78 is 4.96. The summed E-state index contributed by atoms with van der Waals surface area (Å²) in [5, 5.41) is 2.01. The minimum absolute atomic E-state index is 0.00129. The van der Waals surface area contributed by atoms with E-state index in [1.165, 1.54) is 31.2 Å². The lowest BCUT2D eigenvalue weighted by Gasteiger charge is -2.15. The number of nitrogens with one attached hydrogen (secondary N) is 1. The molecule has 9 nitrogen and oxygen atoms in total. The van der Waals surface area contributed by atoms with Gasteiger partial charge >= 0.3 is 12.0 Å². The highest BCUT2D eigenvalue weighted by atomic mass is 35.5. The minimum atomic E-state index is -1.31. The summed E-state index contributed by atoms with van der Waals surface area (Å²) in [5.41, 5.74) is 5.11. The third-order valence-corrected chi connectivity index (χ3v) is 4.43. The molecular weight excluding hydrogens is 402 g/mol. The first kappa shape index (κ1) is 20.0. The maximum Gasteiger partial charge on any atom is 0.338 e. The van der Waals surface area contributed by atoms with Crippen LogP contribution in [0.15, 0.2) is 42.5 Å². The lowest BCUT2D eigenvalue weighted by atomic mass is 10.1. The van der Waals surface area contributed by atoms with Crippen LogP contribution in [-0.4, -0.2) is 35.8 Å². The average molecular weight is 416 g/mol. The van der Waals surface area contributed by atoms with Gasteiger partial charge in [0.05, 0.1) is 27.4 Å². The van der Waals surface area contributed by atoms with Gasteiger partial charge in [-0.25, -0.2) is 14.5 Å². The fourth-order valence-electron chi connectivity index (χ4n) is 2.72. The van der Waals surface area contributed by atoms with Crippen LogP contribution in [0.3, 0.4) is 0 Å². The molecule has 2 aromatic rings. The standard InChI is InChI=1S/C19H14ClN3O6/c1-9(15(24)22-19(21)28)29-18(27)10-6-7-11-12(8-10)17(26)23(16(11)25)14-5-3-2-4-13(14)20/h2-9H,1H3,(H3,21,22,24,28). The number of rotatable bonds is 4. The fraction of sp³-hybridized carbons (Fsp3) is 0.105. The molecule has 0 radical (unpaired) electrons. The zero-order chi connectivity index (χ0) is 21.3. The first-order chi connectivity index (χ1) is 13.7. The first-order valence-corrected chi connectivity index (χ1v) is 8.67. The minimum Gasteiger partial charge on any atom is -0.449 e. The Hall–Kier alpha value is -3.72. The highest BCUT2D eigenvalue weighted by Crippen LogP contribution is 2.33. The van der Waals surface area contributed by atoms with E-state index in [1.807, 2.05) is 0 Å². The second kappa shape index (κ2) is 7.72. The number of esters is 1. The third kappa shape index (κ3) is 3.81. The maximum atomic E-state index is 12.8. The fourth-order valence-corrected chi connectivity index (χ4v) is 2.95. The Morgan fingerprint density at radius 2 is 1.72 bits per heavy atom. The largest absolute Gasteiger partial charge is 0.449 e. The number of hydrogen-bond donors (Lipinski definition) is 2. The monoisotopic (exact) mass is 415 g/mol. The molecule has 5 amide bonds. The first-order valence-electron chi connectivity index (χ1n) is 8.29. The van der Waals surface area contributed by atoms with E-state index in [0.717, 1.165) is 4.90 Å². The van der Waals surface area contributed by atoms with Crippen LogP contribution in [0.2, 0.25) is 5.02 Å². The van der Waals surface area contributed by atoms with Crippen LogP contribution in [0, 0.1) is 0 Å². The van der Waals surface area contributed by atoms with E-state index in [9.17, 15) is 24.0 Å². The molecule has 3 N–H and O–H groups in total. The molecule has 0 aliphatic carbocycles. The molecule has 10 heteroatoms. The summed E-state index contributed by atoms with van der Waals surface area (Å²) in [6, 6.07) is 9.09. The Morgan fingerprint density at radius 3 is 2.38 bits per heavy atom. The van der Waals surface area contributed by atoms with Crippen molar-refractivity contribution in [3.05, 3.63) is 64.2 Å². The van der Waals surface area contributed by atoms with Crippen molar-refractivity contribution in [2.24, 2.45) is 5.73 Å². The molecule has 148 valence electrons. The van der Waals surface area contributed by atoms with Gasteiger partial charge in [-0.3, -0.25) is 19.7 Å². The molecule has 1 aliphatic rings. The lowest BCUT2D eigenvalue weighted by Crippen LogP contribution is -2.42. The average Bonchev–Trinajstić information content (AvgIpc) is 2.92. The number of anilines is 1. The summed E-state index contributed by atoms with van der Waals surface area (Å²) in [4.78, 5) is 61.0. The molecule has 0 bridgehead atoms. The molecule has 0 saturated heterocycles. The summed E-state index contributed by atoms with van der Waals surface area (Å²) >= 11 is 6.09. The number of nitrogens with two attached hydrogens (primary N) is 1. The van der Waals surface area contributed by atoms with Gasteiger partial charge in [0.1, 0.15) is 0 Å². The number of para-hydroxylation sites is 1. The maximum absolute atomic E-state index is 12.8. The number of benzene rings is 2. The number of nitrogens with zero attached hydrogens (tertiary/aromatic N) is 1. The van der Waals surface area contributed by atoms with Crippen LogP contribution in [0.4, 0.5) is 10.5 Å². The van der Waals surface area contributed by atoms with Crippen LogP contribution >= 0.6 is 11.6 Å². The molecule has 1 unspecified atom stereocenters. The van der Waals surface area contributed by atoms with Crippen molar-refractivity contribution in [1.29, 1.82) is 0 Å². The Balaban J connectivity index is 1.85. The Morgan fingerprint density at radius 1 is 1.07 bits per heavy atom. The zero-order valence-electron chi connectivity index (χ0n) is 15.0. The molecule has 2 aromatic carbocycles. The van der Waals surface area contributed by atoms with Gasteiger partial charge in [0.15, 0.2) is 6.10 Å². The predicted octanol–water partition coefficient (Wildman–Crippen LogP) is 1.88. The third-order valence-electron chi connectivity index (χ3n) is 4.12. The van der Waals surface area contributed by atoms with E-state index >= 15 is 0 Å². The highest BCUT2D eigenvalue weighted by molar-refractivity contribution is 6.39. The van der Waals surface area contributed by atoms with Crippen molar-refractivity contribution < 1.29 is 28.7 Å². The van der Waals surface area contributed by atoms with Crippen molar-refractivity contribution in [2.45, 2.75) is 13.0 Å². The number of imide groups is 2. The second-order valence-corrected chi connectivity index (χ2v) is 6.47. The summed E-state index contributed by atoms with van der Waals surface area (Å²) in [7, 11) is 0. The molecule has 29 heavy (non-hydrogen) atoms. The van der Waals surface area contributed by atoms with E-state index in [2.05, 4.69) is 0 Å². The second-order valence-electron chi connectivity index (χ2n) is 6.06. The van der Waals surface area contributed by atoms with Crippen LogP contribution in [-0.2, 0) is 9.53 Å². The summed E-state index contributed by atoms with van der Waals surface area (Å²) in [5.74, 6) is -3.04. The normalized spacial score (nSPS) is 13.7. The quantitative estimate of drug-likeness (QED) is 0.578. The number of ether oxygens (including phenoxy) is 1. The van der Waals surface area contributed by atoms with E-state index < -0.39 is 35.8 Å². The van der Waals surface area contributed by atoms with E-state index in [-0.39, 0.29) is 27.4 Å². The van der Waals surface area contributed by atoms with Crippen LogP contribution in [0.5, 0.6) is 0 Å². The van der Waals surface area contributed by atoms with Crippen molar-refractivity contribution in [3.8, 4) is 0 Å². The molecule has 0 spiro atoms. The van der Waals surface area contributed by atoms with Crippen LogP contribution in [0.1, 0.15) is 38.0 Å². The van der Waals surface area contributed by atoms with Gasteiger partial charge in [-0.05, 0) is 37.3 Å². The van der Waals surface area contributed by atoms with E-state index in [4.69, 9.17) is 22.1 Å². The molecular formula is C19H14ClN3O6. The number of urea groups is 1. The number of fused-ring (bicyclic) bond motifs is 1. The SMILES string of the molecule is CC(OC(=O)c1ccc2c(c1)C(=O)N(c1ccccc1Cl)C2=O)C(=O)NC(N)=O. The summed E-state index contributed by atoms with van der Waals surface area (Å²) in [6.45, 7) is 1.25. The van der Waals surface area contributed by atoms with Crippen molar-refractivity contribution >= 4 is 47.0 Å². The van der Waals surface area contributed by atoms with Gasteiger partial charge in [0.25, 0.3) is 17.7 Å². The number of carbonyl (C=O) groups excluding carboxylic acids is 5. The van der Waals surface area contributed by atoms with Crippen LogP contribution in [0.25, 0.3) is 0 Å². The molecule has 1 aliphatic heterocycles. The topological polar surface area (TPSA) is 136 Å². The van der Waals surface area contributed by atoms with Gasteiger partial charge in [0.2, 0.25) is 0 Å². The smallest absolute Gasteiger partial charge is 0.338 e. The Kier molecular flexibility index (Phi) is 5.33. The molecule has 0 aromatic heterocycles. The van der Waals surface area contributed by atoms with Crippen LogP contribution < -0.4 is 16.0 Å². The van der Waals surface area contributed by atoms with Gasteiger partial charge in [-0.1, -0.05) is 23.7 Å². The molecule has 0 saturated carbocycles.